The lowest BCUT2D eigenvalue weighted by Crippen LogP contribution is -2.07. The molecule has 14 nitrogen and oxygen atoms in total. The van der Waals surface area contributed by atoms with Crippen molar-refractivity contribution in [2.45, 2.75) is 26.7 Å². The Morgan fingerprint density at radius 2 is 1.02 bits per heavy atom. The maximum Gasteiger partial charge on any atom is 0.272 e. The second kappa shape index (κ2) is 22.6. The number of non-ortho nitro benzene ring substituents is 2. The van der Waals surface area contributed by atoms with Gasteiger partial charge in [0.2, 0.25) is 0 Å². The molecular weight excluding hydrogens is 913 g/mol. The molecule has 2 aromatic heterocycles. The first-order valence-corrected chi connectivity index (χ1v) is 19.6. The fraction of sp³-hybridized carbons (Fsp3) is 0.158. The summed E-state index contributed by atoms with van der Waals surface area (Å²) < 4.78 is 11.3. The molecule has 0 spiro atoms. The average molecular weight is 944 g/mol. The highest BCUT2D eigenvalue weighted by Crippen LogP contribution is 2.40. The summed E-state index contributed by atoms with van der Waals surface area (Å²) in [6.07, 6.45) is 4.35. The summed E-state index contributed by atoms with van der Waals surface area (Å²) in [5.74, 6) is 2.00. The van der Waals surface area contributed by atoms with E-state index < -0.39 is 9.85 Å². The molecule has 0 bridgehead atoms. The van der Waals surface area contributed by atoms with Crippen molar-refractivity contribution < 1.29 is 19.3 Å². The first kappa shape index (κ1) is 46.9. The van der Waals surface area contributed by atoms with Crippen LogP contribution in [0.5, 0.6) is 23.0 Å². The molecule has 0 aliphatic heterocycles. The van der Waals surface area contributed by atoms with E-state index in [4.69, 9.17) is 96.4 Å². The van der Waals surface area contributed by atoms with Crippen LogP contribution in [0, 0.1) is 34.1 Å². The number of nitrogens with zero attached hydrogens (tertiary/aromatic N) is 6. The van der Waals surface area contributed by atoms with Gasteiger partial charge < -0.3 is 20.5 Å². The van der Waals surface area contributed by atoms with E-state index in [9.17, 15) is 20.2 Å². The Balaban J connectivity index is 0.000000222. The Hall–Kier alpha value is -4.77. The number of ether oxygens (including phenoxy) is 2. The van der Waals surface area contributed by atoms with Crippen LogP contribution in [0.2, 0.25) is 35.3 Å². The minimum atomic E-state index is -0.569. The van der Waals surface area contributed by atoms with Crippen molar-refractivity contribution in [2.75, 3.05) is 18.4 Å². The van der Waals surface area contributed by atoms with Gasteiger partial charge in [-0.1, -0.05) is 105 Å². The van der Waals surface area contributed by atoms with E-state index in [0.717, 1.165) is 24.0 Å². The number of halogens is 7. The van der Waals surface area contributed by atoms with Gasteiger partial charge in [-0.15, -0.1) is 0 Å². The van der Waals surface area contributed by atoms with Crippen LogP contribution in [-0.4, -0.2) is 42.9 Å². The van der Waals surface area contributed by atoms with Gasteiger partial charge in [-0.25, -0.2) is 19.9 Å². The fourth-order valence-corrected chi connectivity index (χ4v) is 6.23. The lowest BCUT2D eigenvalue weighted by molar-refractivity contribution is -0.385. The second-order valence-electron chi connectivity index (χ2n) is 11.9. The molecule has 0 saturated carbocycles. The minimum Gasteiger partial charge on any atom is -0.454 e. The van der Waals surface area contributed by atoms with Crippen molar-refractivity contribution in [3.05, 3.63) is 163 Å². The predicted octanol–water partition coefficient (Wildman–Crippen LogP) is 12.4. The molecule has 0 atom stereocenters. The molecule has 308 valence electrons. The van der Waals surface area contributed by atoms with E-state index >= 15 is 0 Å². The largest absolute Gasteiger partial charge is 0.454 e. The van der Waals surface area contributed by atoms with Crippen molar-refractivity contribution in [2.24, 2.45) is 5.73 Å². The summed E-state index contributed by atoms with van der Waals surface area (Å²) in [6.45, 7) is 4.80. The molecule has 6 rings (SSSR count). The molecule has 2 heterocycles. The molecule has 0 fully saturated rings. The molecular formula is C38H31Cl7N8O6. The highest BCUT2D eigenvalue weighted by atomic mass is 35.5. The van der Waals surface area contributed by atoms with Gasteiger partial charge in [0.25, 0.3) is 11.4 Å². The van der Waals surface area contributed by atoms with E-state index in [1.54, 1.807) is 31.2 Å². The van der Waals surface area contributed by atoms with E-state index in [-0.39, 0.29) is 43.0 Å². The third-order valence-electron chi connectivity index (χ3n) is 7.70. The first-order valence-electron chi connectivity index (χ1n) is 16.9. The van der Waals surface area contributed by atoms with Crippen molar-refractivity contribution in [1.82, 2.24) is 19.9 Å². The standard InChI is InChI=1S/C19H15Cl3N4O3.C14H12Cl2N2O3.C5H4Cl2N2/c1-11-17(22)19(25-10-24-11)23-7-6-12-2-4-14(5-3-12)29-18-15(20)8-13(26(27)28)9-16(18)21;15-12-7-10(18(19)20)8-13(16)14(12)21-11-3-1-9(2-4-11)5-6-17;1-3-4(6)5(7)9-2-8-3/h2-5,8-10H,6-7H2,1H3,(H,23,24,25);1-4,7-8H,5-6,17H2;2H,1H3. The van der Waals surface area contributed by atoms with Crippen LogP contribution in [-0.2, 0) is 12.8 Å². The fourth-order valence-electron chi connectivity index (χ4n) is 4.68. The number of nitro benzene ring substituents is 2. The molecule has 21 heteroatoms. The average Bonchev–Trinajstić information content (AvgIpc) is 3.20. The Kier molecular flexibility index (Phi) is 17.9. The van der Waals surface area contributed by atoms with Crippen LogP contribution in [0.1, 0.15) is 22.5 Å². The number of anilines is 1. The third-order valence-corrected chi connectivity index (χ3v) is 10.1. The molecule has 3 N–H and O–H groups in total. The van der Waals surface area contributed by atoms with Crippen LogP contribution in [0.3, 0.4) is 0 Å². The Bertz CT molecular complexity index is 2350. The number of nitro groups is 2. The maximum atomic E-state index is 10.9. The number of nitrogens with one attached hydrogen (secondary N) is 1. The summed E-state index contributed by atoms with van der Waals surface area (Å²) in [5, 5.41) is 26.3. The number of nitrogens with two attached hydrogens (primary N) is 1. The second-order valence-corrected chi connectivity index (χ2v) is 14.6. The molecule has 4 aromatic carbocycles. The number of hydrogen-bond acceptors (Lipinski definition) is 12. The smallest absolute Gasteiger partial charge is 0.272 e. The van der Waals surface area contributed by atoms with Crippen molar-refractivity contribution >= 4 is 98.4 Å². The van der Waals surface area contributed by atoms with Gasteiger partial charge in [0.15, 0.2) is 16.7 Å². The summed E-state index contributed by atoms with van der Waals surface area (Å²) >= 11 is 41.4. The third kappa shape index (κ3) is 13.9. The van der Waals surface area contributed by atoms with Gasteiger partial charge in [-0.3, -0.25) is 20.2 Å². The van der Waals surface area contributed by atoms with Gasteiger partial charge in [0.1, 0.15) is 35.0 Å². The summed E-state index contributed by atoms with van der Waals surface area (Å²) in [7, 11) is 0. The van der Waals surface area contributed by atoms with Crippen LogP contribution in [0.25, 0.3) is 0 Å². The van der Waals surface area contributed by atoms with Crippen molar-refractivity contribution in [3.8, 4) is 23.0 Å². The van der Waals surface area contributed by atoms with Crippen LogP contribution >= 0.6 is 81.2 Å². The van der Waals surface area contributed by atoms with Crippen molar-refractivity contribution in [1.29, 1.82) is 0 Å². The van der Waals surface area contributed by atoms with Gasteiger partial charge in [0.05, 0.1) is 46.3 Å². The zero-order valence-electron chi connectivity index (χ0n) is 30.8. The molecule has 0 saturated heterocycles. The maximum absolute atomic E-state index is 10.9. The van der Waals surface area contributed by atoms with E-state index in [1.807, 2.05) is 31.2 Å². The Labute approximate surface area is 372 Å². The molecule has 0 unspecified atom stereocenters. The molecule has 59 heavy (non-hydrogen) atoms. The number of rotatable bonds is 12. The highest BCUT2D eigenvalue weighted by molar-refractivity contribution is 6.41. The molecule has 0 aliphatic rings. The summed E-state index contributed by atoms with van der Waals surface area (Å²) in [5.41, 5.74) is 8.67. The quantitative estimate of drug-likeness (QED) is 0.0670. The minimum absolute atomic E-state index is 0.0644. The monoisotopic (exact) mass is 940 g/mol. The molecule has 6 aromatic rings. The van der Waals surface area contributed by atoms with Gasteiger partial charge >= 0.3 is 0 Å². The normalized spacial score (nSPS) is 10.4. The summed E-state index contributed by atoms with van der Waals surface area (Å²) in [6, 6.07) is 19.4. The Morgan fingerprint density at radius 3 is 1.41 bits per heavy atom. The van der Waals surface area contributed by atoms with E-state index in [2.05, 4.69) is 25.3 Å². The molecule has 0 aliphatic carbocycles. The Morgan fingerprint density at radius 1 is 0.610 bits per heavy atom. The van der Waals surface area contributed by atoms with Gasteiger partial charge in [0, 0.05) is 30.8 Å². The predicted molar refractivity (Wildman–Crippen MR) is 233 cm³/mol. The molecule has 0 radical (unpaired) electrons. The number of benzene rings is 4. The van der Waals surface area contributed by atoms with Gasteiger partial charge in [-0.2, -0.15) is 0 Å². The SMILES string of the molecule is Cc1ncnc(Cl)c1Cl.Cc1ncnc(NCCc2ccc(Oc3c(Cl)cc([N+](=O)[O-])cc3Cl)cc2)c1Cl.NCCc1ccc(Oc2c(Cl)cc([N+](=O)[O-])cc2Cl)cc1. The van der Waals surface area contributed by atoms with E-state index in [0.29, 0.717) is 57.0 Å². The van der Waals surface area contributed by atoms with Crippen LogP contribution < -0.4 is 20.5 Å². The van der Waals surface area contributed by atoms with Crippen LogP contribution in [0.4, 0.5) is 17.2 Å². The lowest BCUT2D eigenvalue weighted by Gasteiger charge is -2.11. The topological polar surface area (TPSA) is 194 Å². The zero-order chi connectivity index (χ0) is 43.2. The van der Waals surface area contributed by atoms with Crippen LogP contribution in [0.15, 0.2) is 85.5 Å². The van der Waals surface area contributed by atoms with Crippen molar-refractivity contribution in [3.63, 3.8) is 0 Å². The highest BCUT2D eigenvalue weighted by Gasteiger charge is 2.18. The number of aromatic nitrogens is 4. The molecule has 0 amide bonds. The number of hydrogen-bond donors (Lipinski definition) is 2. The van der Waals surface area contributed by atoms with Gasteiger partial charge in [-0.05, 0) is 68.6 Å². The zero-order valence-corrected chi connectivity index (χ0v) is 36.1. The lowest BCUT2D eigenvalue weighted by atomic mass is 10.1. The number of aryl methyl sites for hydroxylation is 2. The van der Waals surface area contributed by atoms with E-state index in [1.165, 1.54) is 36.9 Å². The first-order chi connectivity index (χ1) is 28.1. The summed E-state index contributed by atoms with van der Waals surface area (Å²) in [4.78, 5) is 36.1.